The summed E-state index contributed by atoms with van der Waals surface area (Å²) in [5.74, 6) is -1.71. The first kappa shape index (κ1) is 24.6. The lowest BCUT2D eigenvalue weighted by Crippen LogP contribution is -2.40. The lowest BCUT2D eigenvalue weighted by atomic mass is 9.98. The third-order valence-electron chi connectivity index (χ3n) is 6.05. The molecule has 1 aliphatic rings. The van der Waals surface area contributed by atoms with Crippen molar-refractivity contribution in [3.63, 3.8) is 0 Å². The Morgan fingerprint density at radius 3 is 2.42 bits per heavy atom. The number of nitrogens with one attached hydrogen (secondary N) is 2. The lowest BCUT2D eigenvalue weighted by molar-refractivity contribution is -0.0736. The Morgan fingerprint density at radius 1 is 1.14 bits per heavy atom. The van der Waals surface area contributed by atoms with Crippen molar-refractivity contribution in [2.45, 2.75) is 22.7 Å². The molecule has 3 aromatic carbocycles. The zero-order valence-electron chi connectivity index (χ0n) is 19.1. The van der Waals surface area contributed by atoms with Crippen LogP contribution in [0.2, 0.25) is 0 Å². The maximum absolute atomic E-state index is 15.4. The number of amides is 1. The summed E-state index contributed by atoms with van der Waals surface area (Å²) in [4.78, 5) is 18.7. The van der Waals surface area contributed by atoms with Crippen molar-refractivity contribution in [2.24, 2.45) is 0 Å². The topological polar surface area (TPSA) is 96.5 Å². The Hall–Kier alpha value is -3.09. The molecule has 2 heterocycles. The Labute approximate surface area is 219 Å². The number of fused-ring (bicyclic) bond motifs is 1. The fourth-order valence-electron chi connectivity index (χ4n) is 4.16. The molecule has 0 unspecified atom stereocenters. The Kier molecular flexibility index (Phi) is 6.91. The van der Waals surface area contributed by atoms with Gasteiger partial charge >= 0.3 is 0 Å². The van der Waals surface area contributed by atoms with Crippen LogP contribution in [0.1, 0.15) is 16.8 Å². The van der Waals surface area contributed by atoms with Gasteiger partial charge in [-0.25, -0.2) is 8.78 Å². The van der Waals surface area contributed by atoms with Crippen molar-refractivity contribution in [3.05, 3.63) is 71.8 Å². The van der Waals surface area contributed by atoms with Gasteiger partial charge in [-0.1, -0.05) is 36.4 Å². The molecular formula is C26H22F2IN3O4. The summed E-state index contributed by atoms with van der Waals surface area (Å²) in [6, 6.07) is 15.1. The fourth-order valence-corrected chi connectivity index (χ4v) is 4.66. The van der Waals surface area contributed by atoms with Crippen LogP contribution in [0.15, 0.2) is 54.6 Å². The van der Waals surface area contributed by atoms with Gasteiger partial charge in [0, 0.05) is 25.1 Å². The molecule has 3 atom stereocenters. The molecule has 1 fully saturated rings. The molecule has 186 valence electrons. The molecule has 1 aromatic heterocycles. The monoisotopic (exact) mass is 605 g/mol. The second-order valence-electron chi connectivity index (χ2n) is 8.45. The van der Waals surface area contributed by atoms with Crippen molar-refractivity contribution in [1.82, 2.24) is 15.3 Å². The van der Waals surface area contributed by atoms with Crippen LogP contribution in [0.3, 0.4) is 0 Å². The standard InChI is InChI=1S/C26H22F2IN3O4/c1-30-25(34)16-8-4-14(5-9-16)13-2-6-15(7-3-13)21-18(27)11-19-23(22(21)28)32-26(31-19)36-17-10-20(33)24(29)35-12-17/h2-9,11,17,20,24,33H,10,12H2,1H3,(H,30,34)(H,31,32)/t17-,20+,24+/m1/s1. The highest BCUT2D eigenvalue weighted by atomic mass is 127. The quantitative estimate of drug-likeness (QED) is 0.224. The third-order valence-corrected chi connectivity index (χ3v) is 7.24. The number of rotatable bonds is 5. The number of aliphatic hydroxyl groups is 1. The molecular weight excluding hydrogens is 583 g/mol. The number of H-pyrrole nitrogens is 1. The van der Waals surface area contributed by atoms with Gasteiger partial charge in [0.2, 0.25) is 0 Å². The molecule has 0 bridgehead atoms. The minimum Gasteiger partial charge on any atom is -0.459 e. The minimum absolute atomic E-state index is 0.0312. The Balaban J connectivity index is 1.40. The first-order valence-electron chi connectivity index (χ1n) is 11.2. The van der Waals surface area contributed by atoms with Crippen LogP contribution in [0.4, 0.5) is 8.78 Å². The van der Waals surface area contributed by atoms with Crippen LogP contribution in [-0.2, 0) is 4.74 Å². The van der Waals surface area contributed by atoms with Crippen molar-refractivity contribution in [2.75, 3.05) is 13.7 Å². The molecule has 1 amide bonds. The number of aromatic amines is 1. The highest BCUT2D eigenvalue weighted by Crippen LogP contribution is 2.34. The maximum Gasteiger partial charge on any atom is 0.295 e. The number of alkyl halides is 1. The van der Waals surface area contributed by atoms with E-state index in [-0.39, 0.29) is 39.2 Å². The number of nitrogens with zero attached hydrogens (tertiary/aromatic N) is 1. The highest BCUT2D eigenvalue weighted by Gasteiger charge is 2.30. The van der Waals surface area contributed by atoms with Crippen LogP contribution in [-0.4, -0.2) is 51.0 Å². The summed E-state index contributed by atoms with van der Waals surface area (Å²) in [6.45, 7) is 0.255. The van der Waals surface area contributed by atoms with Gasteiger partial charge in [-0.05, 0) is 51.4 Å². The number of carbonyl (C=O) groups is 1. The van der Waals surface area contributed by atoms with Crippen LogP contribution in [0, 0.1) is 11.6 Å². The van der Waals surface area contributed by atoms with Crippen molar-refractivity contribution in [3.8, 4) is 28.3 Å². The molecule has 7 nitrogen and oxygen atoms in total. The molecule has 4 aromatic rings. The molecule has 0 saturated carbocycles. The number of hydrogen-bond acceptors (Lipinski definition) is 5. The second-order valence-corrected chi connectivity index (χ2v) is 9.67. The minimum atomic E-state index is -0.800. The molecule has 1 aliphatic heterocycles. The van der Waals surface area contributed by atoms with Crippen LogP contribution in [0.5, 0.6) is 6.01 Å². The number of hydrogen-bond donors (Lipinski definition) is 3. The molecule has 0 radical (unpaired) electrons. The zero-order valence-corrected chi connectivity index (χ0v) is 21.3. The number of aromatic nitrogens is 2. The van der Waals surface area contributed by atoms with Gasteiger partial charge in [0.05, 0.1) is 23.8 Å². The fraction of sp³-hybridized carbons (Fsp3) is 0.231. The van der Waals surface area contributed by atoms with E-state index in [9.17, 15) is 14.3 Å². The van der Waals surface area contributed by atoms with E-state index in [1.54, 1.807) is 43.4 Å². The van der Waals surface area contributed by atoms with E-state index in [2.05, 4.69) is 15.3 Å². The predicted molar refractivity (Wildman–Crippen MR) is 139 cm³/mol. The normalized spacial score (nSPS) is 19.9. The first-order chi connectivity index (χ1) is 17.3. The van der Waals surface area contributed by atoms with Gasteiger partial charge in [-0.15, -0.1) is 0 Å². The Bertz CT molecular complexity index is 1410. The zero-order chi connectivity index (χ0) is 25.4. The molecule has 0 aliphatic carbocycles. The summed E-state index contributed by atoms with van der Waals surface area (Å²) < 4.78 is 41.3. The van der Waals surface area contributed by atoms with E-state index < -0.39 is 23.8 Å². The number of aliphatic hydroxyl groups excluding tert-OH is 1. The van der Waals surface area contributed by atoms with E-state index in [1.165, 1.54) is 6.07 Å². The van der Waals surface area contributed by atoms with Crippen LogP contribution >= 0.6 is 22.6 Å². The number of halogens is 3. The van der Waals surface area contributed by atoms with Crippen molar-refractivity contribution < 1.29 is 28.2 Å². The summed E-state index contributed by atoms with van der Waals surface area (Å²) in [7, 11) is 1.57. The van der Waals surface area contributed by atoms with Gasteiger partial charge in [-0.3, -0.25) is 4.79 Å². The average molecular weight is 605 g/mol. The number of carbonyl (C=O) groups excluding carboxylic acids is 1. The second kappa shape index (κ2) is 10.1. The molecule has 10 heteroatoms. The van der Waals surface area contributed by atoms with Gasteiger partial charge in [0.15, 0.2) is 5.82 Å². The molecule has 5 rings (SSSR count). The van der Waals surface area contributed by atoms with Crippen molar-refractivity contribution in [1.29, 1.82) is 0 Å². The first-order valence-corrected chi connectivity index (χ1v) is 12.5. The number of benzene rings is 3. The molecule has 3 N–H and O–H groups in total. The van der Waals surface area contributed by atoms with Gasteiger partial charge < -0.3 is 24.9 Å². The SMILES string of the molecule is CNC(=O)c1ccc(-c2ccc(-c3c(F)cc4[nH]c(O[C@H]5CO[C@H](I)[C@@H](O)C5)nc4c3F)cc2)cc1. The Morgan fingerprint density at radius 2 is 1.78 bits per heavy atom. The lowest BCUT2D eigenvalue weighted by Gasteiger charge is -2.29. The van der Waals surface area contributed by atoms with Gasteiger partial charge in [-0.2, -0.15) is 4.98 Å². The van der Waals surface area contributed by atoms with Gasteiger partial charge in [0.25, 0.3) is 11.9 Å². The largest absolute Gasteiger partial charge is 0.459 e. The van der Waals surface area contributed by atoms with Crippen LogP contribution in [0.25, 0.3) is 33.3 Å². The molecule has 36 heavy (non-hydrogen) atoms. The van der Waals surface area contributed by atoms with E-state index in [0.717, 1.165) is 11.1 Å². The van der Waals surface area contributed by atoms with E-state index >= 15 is 4.39 Å². The van der Waals surface area contributed by atoms with Crippen molar-refractivity contribution >= 4 is 39.5 Å². The third kappa shape index (κ3) is 4.80. The summed E-state index contributed by atoms with van der Waals surface area (Å²) in [5.41, 5.74) is 2.54. The van der Waals surface area contributed by atoms with E-state index in [4.69, 9.17) is 9.47 Å². The number of ether oxygens (including phenoxy) is 2. The smallest absolute Gasteiger partial charge is 0.295 e. The molecule has 0 spiro atoms. The highest BCUT2D eigenvalue weighted by molar-refractivity contribution is 14.1. The predicted octanol–water partition coefficient (Wildman–Crippen LogP) is 4.82. The van der Waals surface area contributed by atoms with Gasteiger partial charge in [0.1, 0.15) is 21.5 Å². The van der Waals surface area contributed by atoms with E-state index in [0.29, 0.717) is 17.5 Å². The number of imidazole rings is 1. The average Bonchev–Trinajstić information content (AvgIpc) is 3.28. The molecule has 1 saturated heterocycles. The van der Waals surface area contributed by atoms with E-state index in [1.807, 2.05) is 34.7 Å². The maximum atomic E-state index is 15.4. The summed E-state index contributed by atoms with van der Waals surface area (Å²) in [6.07, 6.45) is -0.809. The summed E-state index contributed by atoms with van der Waals surface area (Å²) >= 11 is 2.01. The summed E-state index contributed by atoms with van der Waals surface area (Å²) in [5, 5.41) is 12.6. The van der Waals surface area contributed by atoms with Crippen LogP contribution < -0.4 is 10.1 Å².